The van der Waals surface area contributed by atoms with Gasteiger partial charge in [0.2, 0.25) is 5.70 Å². The first kappa shape index (κ1) is 11.4. The summed E-state index contributed by atoms with van der Waals surface area (Å²) < 4.78 is 12.9. The lowest BCUT2D eigenvalue weighted by molar-refractivity contribution is -0.425. The van der Waals surface area contributed by atoms with Gasteiger partial charge in [0.05, 0.1) is 4.92 Å². The van der Waals surface area contributed by atoms with Crippen LogP contribution in [-0.4, -0.2) is 4.92 Å². The van der Waals surface area contributed by atoms with Gasteiger partial charge in [-0.25, -0.2) is 4.39 Å². The molecule has 4 heteroatoms. The summed E-state index contributed by atoms with van der Waals surface area (Å²) in [4.78, 5) is 10.1. The molecule has 0 aliphatic rings. The van der Waals surface area contributed by atoms with E-state index in [-0.39, 0.29) is 11.5 Å². The summed E-state index contributed by atoms with van der Waals surface area (Å²) in [5.41, 5.74) is 1.27. The van der Waals surface area contributed by atoms with Crippen LogP contribution in [0.4, 0.5) is 4.39 Å². The molecule has 80 valence electrons. The largest absolute Gasteiger partial charge is 0.259 e. The quantitative estimate of drug-likeness (QED) is 0.566. The van der Waals surface area contributed by atoms with Crippen molar-refractivity contribution in [1.82, 2.24) is 0 Å². The first-order valence-electron chi connectivity index (χ1n) is 4.65. The SMILES string of the molecule is CCC(=Cc1ccc(F)c(C)c1)[N+](=O)[O-]. The van der Waals surface area contributed by atoms with Crippen molar-refractivity contribution >= 4 is 6.08 Å². The molecular weight excluding hydrogens is 197 g/mol. The lowest BCUT2D eigenvalue weighted by atomic mass is 10.1. The molecule has 1 aromatic carbocycles. The first-order valence-corrected chi connectivity index (χ1v) is 4.65. The fourth-order valence-electron chi connectivity index (χ4n) is 1.23. The van der Waals surface area contributed by atoms with Crippen LogP contribution >= 0.6 is 0 Å². The minimum Gasteiger partial charge on any atom is -0.259 e. The molecule has 0 radical (unpaired) electrons. The average Bonchev–Trinajstić information content (AvgIpc) is 2.19. The van der Waals surface area contributed by atoms with E-state index >= 15 is 0 Å². The first-order chi connectivity index (χ1) is 7.04. The number of nitro groups is 1. The number of benzene rings is 1. The second-order valence-corrected chi connectivity index (χ2v) is 3.25. The Hall–Kier alpha value is -1.71. The molecule has 0 N–H and O–H groups in total. The van der Waals surface area contributed by atoms with Gasteiger partial charge in [0.1, 0.15) is 5.82 Å². The van der Waals surface area contributed by atoms with Crippen LogP contribution in [0.1, 0.15) is 24.5 Å². The number of aryl methyl sites for hydroxylation is 1. The maximum atomic E-state index is 12.9. The van der Waals surface area contributed by atoms with Crippen molar-refractivity contribution in [2.75, 3.05) is 0 Å². The van der Waals surface area contributed by atoms with E-state index in [2.05, 4.69) is 0 Å². The third kappa shape index (κ3) is 2.87. The van der Waals surface area contributed by atoms with Gasteiger partial charge in [0.15, 0.2) is 0 Å². The van der Waals surface area contributed by atoms with Crippen LogP contribution in [0.2, 0.25) is 0 Å². The third-order valence-corrected chi connectivity index (χ3v) is 2.11. The molecule has 0 heterocycles. The van der Waals surface area contributed by atoms with Gasteiger partial charge in [0, 0.05) is 12.5 Å². The van der Waals surface area contributed by atoms with Crippen LogP contribution in [0.25, 0.3) is 6.08 Å². The van der Waals surface area contributed by atoms with Crippen molar-refractivity contribution in [3.63, 3.8) is 0 Å². The monoisotopic (exact) mass is 209 g/mol. The van der Waals surface area contributed by atoms with Gasteiger partial charge in [0.25, 0.3) is 0 Å². The molecule has 0 fully saturated rings. The van der Waals surface area contributed by atoms with E-state index in [1.165, 1.54) is 18.2 Å². The average molecular weight is 209 g/mol. The highest BCUT2D eigenvalue weighted by molar-refractivity contribution is 5.52. The van der Waals surface area contributed by atoms with Crippen LogP contribution in [0.15, 0.2) is 23.9 Å². The predicted octanol–water partition coefficient (Wildman–Crippen LogP) is 3.16. The van der Waals surface area contributed by atoms with Gasteiger partial charge in [-0.3, -0.25) is 10.1 Å². The fourth-order valence-corrected chi connectivity index (χ4v) is 1.23. The Morgan fingerprint density at radius 2 is 2.27 bits per heavy atom. The summed E-state index contributed by atoms with van der Waals surface area (Å²) in [7, 11) is 0. The number of halogens is 1. The Labute approximate surface area is 87.4 Å². The summed E-state index contributed by atoms with van der Waals surface area (Å²) in [5, 5.41) is 10.5. The second kappa shape index (κ2) is 4.68. The van der Waals surface area contributed by atoms with E-state index in [1.807, 2.05) is 0 Å². The molecule has 0 aromatic heterocycles. The maximum absolute atomic E-state index is 12.9. The summed E-state index contributed by atoms with van der Waals surface area (Å²) in [5.74, 6) is -0.300. The van der Waals surface area contributed by atoms with E-state index in [0.717, 1.165) is 0 Å². The van der Waals surface area contributed by atoms with Crippen molar-refractivity contribution in [3.05, 3.63) is 51.0 Å². The molecule has 15 heavy (non-hydrogen) atoms. The molecule has 1 aromatic rings. The second-order valence-electron chi connectivity index (χ2n) is 3.25. The Kier molecular flexibility index (Phi) is 3.55. The Balaban J connectivity index is 3.07. The number of rotatable bonds is 3. The van der Waals surface area contributed by atoms with Crippen LogP contribution in [0, 0.1) is 22.9 Å². The predicted molar refractivity (Wildman–Crippen MR) is 56.4 cm³/mol. The van der Waals surface area contributed by atoms with Gasteiger partial charge in [-0.15, -0.1) is 0 Å². The van der Waals surface area contributed by atoms with E-state index < -0.39 is 4.92 Å². The number of allylic oxidation sites excluding steroid dienone is 1. The van der Waals surface area contributed by atoms with Crippen molar-refractivity contribution in [3.8, 4) is 0 Å². The van der Waals surface area contributed by atoms with Crippen molar-refractivity contribution < 1.29 is 9.31 Å². The van der Waals surface area contributed by atoms with Gasteiger partial charge in [-0.05, 0) is 30.2 Å². The van der Waals surface area contributed by atoms with Crippen LogP contribution in [0.5, 0.6) is 0 Å². The molecule has 3 nitrogen and oxygen atoms in total. The van der Waals surface area contributed by atoms with E-state index in [0.29, 0.717) is 17.5 Å². The number of hydrogen-bond donors (Lipinski definition) is 0. The molecular formula is C11H12FNO2. The van der Waals surface area contributed by atoms with Crippen LogP contribution < -0.4 is 0 Å². The molecule has 1 rings (SSSR count). The lowest BCUT2D eigenvalue weighted by Crippen LogP contribution is -1.96. The zero-order chi connectivity index (χ0) is 11.4. The molecule has 0 unspecified atom stereocenters. The summed E-state index contributed by atoms with van der Waals surface area (Å²) in [6, 6.07) is 4.43. The summed E-state index contributed by atoms with van der Waals surface area (Å²) in [6.07, 6.45) is 1.82. The standard InChI is InChI=1S/C11H12FNO2/c1-3-10(13(14)15)7-9-4-5-11(12)8(2)6-9/h4-7H,3H2,1-2H3. The number of hydrogen-bond acceptors (Lipinski definition) is 2. The van der Waals surface area contributed by atoms with Crippen molar-refractivity contribution in [2.24, 2.45) is 0 Å². The molecule has 0 saturated carbocycles. The topological polar surface area (TPSA) is 43.1 Å². The third-order valence-electron chi connectivity index (χ3n) is 2.11. The van der Waals surface area contributed by atoms with Gasteiger partial charge in [-0.2, -0.15) is 0 Å². The molecule has 0 atom stereocenters. The highest BCUT2D eigenvalue weighted by atomic mass is 19.1. The molecule has 0 saturated heterocycles. The number of nitrogens with zero attached hydrogens (tertiary/aromatic N) is 1. The molecule has 0 bridgehead atoms. The van der Waals surface area contributed by atoms with Crippen LogP contribution in [-0.2, 0) is 0 Å². The van der Waals surface area contributed by atoms with Gasteiger partial charge >= 0.3 is 0 Å². The zero-order valence-corrected chi connectivity index (χ0v) is 8.66. The Morgan fingerprint density at radius 1 is 1.60 bits per heavy atom. The fraction of sp³-hybridized carbons (Fsp3) is 0.273. The van der Waals surface area contributed by atoms with Crippen molar-refractivity contribution in [2.45, 2.75) is 20.3 Å². The Morgan fingerprint density at radius 3 is 2.73 bits per heavy atom. The van der Waals surface area contributed by atoms with Crippen LogP contribution in [0.3, 0.4) is 0 Å². The van der Waals surface area contributed by atoms with E-state index in [4.69, 9.17) is 0 Å². The van der Waals surface area contributed by atoms with Gasteiger partial charge in [-0.1, -0.05) is 13.0 Å². The molecule has 0 aliphatic heterocycles. The normalized spacial score (nSPS) is 11.5. The molecule has 0 spiro atoms. The highest BCUT2D eigenvalue weighted by Gasteiger charge is 2.07. The van der Waals surface area contributed by atoms with E-state index in [9.17, 15) is 14.5 Å². The minimum atomic E-state index is -0.418. The minimum absolute atomic E-state index is 0.126. The van der Waals surface area contributed by atoms with E-state index in [1.54, 1.807) is 19.9 Å². The Bertz CT molecular complexity index is 413. The lowest BCUT2D eigenvalue weighted by Gasteiger charge is -1.99. The molecule has 0 amide bonds. The van der Waals surface area contributed by atoms with Gasteiger partial charge < -0.3 is 0 Å². The zero-order valence-electron chi connectivity index (χ0n) is 8.66. The summed E-state index contributed by atoms with van der Waals surface area (Å²) in [6.45, 7) is 3.34. The highest BCUT2D eigenvalue weighted by Crippen LogP contribution is 2.14. The smallest absolute Gasteiger partial charge is 0.246 e. The molecule has 0 aliphatic carbocycles. The maximum Gasteiger partial charge on any atom is 0.246 e. The summed E-state index contributed by atoms with van der Waals surface area (Å²) >= 11 is 0. The van der Waals surface area contributed by atoms with Crippen molar-refractivity contribution in [1.29, 1.82) is 0 Å².